The topological polar surface area (TPSA) is 38.7 Å². The third kappa shape index (κ3) is 4.39. The zero-order chi connectivity index (χ0) is 19.1. The molecule has 0 fully saturated rings. The molecule has 0 unspecified atom stereocenters. The normalized spacial score (nSPS) is 14.2. The van der Waals surface area contributed by atoms with Crippen LogP contribution < -0.4 is 0 Å². The van der Waals surface area contributed by atoms with E-state index in [1.165, 1.54) is 0 Å². The first kappa shape index (κ1) is 18.3. The van der Waals surface area contributed by atoms with Crippen LogP contribution in [0.1, 0.15) is 25.0 Å². The number of carbonyl (C=O) groups excluding carboxylic acids is 1. The molecule has 0 N–H and O–H groups in total. The molecule has 0 aromatic heterocycles. The second-order valence-electron chi connectivity index (χ2n) is 5.69. The Morgan fingerprint density at radius 1 is 0.704 bits per heavy atom. The van der Waals surface area contributed by atoms with Crippen molar-refractivity contribution in [2.24, 2.45) is 4.99 Å². The second-order valence-corrected chi connectivity index (χ2v) is 5.69. The van der Waals surface area contributed by atoms with E-state index in [9.17, 15) is 4.79 Å². The highest BCUT2D eigenvalue weighted by molar-refractivity contribution is 6.12. The molecule has 0 spiro atoms. The molecule has 0 radical (unpaired) electrons. The minimum Gasteiger partial charge on any atom is -0.402 e. The van der Waals surface area contributed by atoms with Crippen LogP contribution in [0.3, 0.4) is 0 Å². The van der Waals surface area contributed by atoms with E-state index in [-0.39, 0.29) is 0 Å². The van der Waals surface area contributed by atoms with E-state index in [1.807, 2.05) is 86.6 Å². The highest BCUT2D eigenvalue weighted by Crippen LogP contribution is 2.22. The fourth-order valence-electron chi connectivity index (χ4n) is 2.67. The van der Waals surface area contributed by atoms with Crippen LogP contribution >= 0.6 is 0 Å². The van der Waals surface area contributed by atoms with Crippen molar-refractivity contribution in [2.45, 2.75) is 13.8 Å². The second kappa shape index (κ2) is 8.77. The third-order valence-electron chi connectivity index (χ3n) is 3.96. The van der Waals surface area contributed by atoms with Crippen molar-refractivity contribution < 1.29 is 9.53 Å². The van der Waals surface area contributed by atoms with E-state index in [2.05, 4.69) is 17.1 Å². The fraction of sp³-hybridized carbons (Fsp3) is 0.0833. The van der Waals surface area contributed by atoms with Gasteiger partial charge in [-0.25, -0.2) is 9.79 Å². The maximum Gasteiger partial charge on any atom is 0.363 e. The molecule has 0 bridgehead atoms. The lowest BCUT2D eigenvalue weighted by molar-refractivity contribution is -0.129. The maximum absolute atomic E-state index is 12.0. The number of rotatable bonds is 3. The van der Waals surface area contributed by atoms with Crippen molar-refractivity contribution in [3.8, 4) is 11.1 Å². The van der Waals surface area contributed by atoms with E-state index in [4.69, 9.17) is 4.74 Å². The number of aliphatic imine (C=N–C) groups is 1. The Bertz CT molecular complexity index is 956. The Kier molecular flexibility index (Phi) is 5.95. The smallest absolute Gasteiger partial charge is 0.363 e. The van der Waals surface area contributed by atoms with Crippen LogP contribution in [-0.2, 0) is 9.53 Å². The molecule has 1 aliphatic rings. The highest BCUT2D eigenvalue weighted by Gasteiger charge is 2.23. The summed E-state index contributed by atoms with van der Waals surface area (Å²) >= 11 is 0. The lowest BCUT2D eigenvalue weighted by Gasteiger charge is -2.01. The van der Waals surface area contributed by atoms with Gasteiger partial charge in [-0.05, 0) is 34.9 Å². The summed E-state index contributed by atoms with van der Waals surface area (Å²) in [4.78, 5) is 16.4. The van der Waals surface area contributed by atoms with Crippen molar-refractivity contribution in [3.63, 3.8) is 0 Å². The van der Waals surface area contributed by atoms with Crippen LogP contribution in [0.25, 0.3) is 17.2 Å². The van der Waals surface area contributed by atoms with Gasteiger partial charge in [-0.1, -0.05) is 86.6 Å². The Hall–Kier alpha value is -3.46. The summed E-state index contributed by atoms with van der Waals surface area (Å²) in [6, 6.07) is 27.6. The summed E-state index contributed by atoms with van der Waals surface area (Å²) in [5.74, 6) is -0.0799. The Morgan fingerprint density at radius 3 is 1.81 bits per heavy atom. The molecule has 1 heterocycles. The zero-order valence-corrected chi connectivity index (χ0v) is 15.4. The van der Waals surface area contributed by atoms with Gasteiger partial charge in [0, 0.05) is 5.56 Å². The van der Waals surface area contributed by atoms with Crippen molar-refractivity contribution in [1.82, 2.24) is 0 Å². The van der Waals surface area contributed by atoms with Crippen LogP contribution in [0.15, 0.2) is 95.6 Å². The molecule has 1 aliphatic heterocycles. The number of hydrogen-bond acceptors (Lipinski definition) is 3. The Labute approximate surface area is 159 Å². The number of hydrogen-bond donors (Lipinski definition) is 0. The largest absolute Gasteiger partial charge is 0.402 e. The highest BCUT2D eigenvalue weighted by atomic mass is 16.6. The first-order valence-electron chi connectivity index (χ1n) is 9.03. The molecule has 3 aromatic carbocycles. The number of nitrogens with zero attached hydrogens (tertiary/aromatic N) is 1. The van der Waals surface area contributed by atoms with Crippen molar-refractivity contribution >= 4 is 17.9 Å². The minimum atomic E-state index is -0.425. The molecular weight excluding hydrogens is 334 g/mol. The number of benzene rings is 3. The minimum absolute atomic E-state index is 0.311. The number of carbonyl (C=O) groups is 1. The summed E-state index contributed by atoms with van der Waals surface area (Å²) in [6.45, 7) is 4.00. The van der Waals surface area contributed by atoms with Crippen molar-refractivity contribution in [1.29, 1.82) is 0 Å². The monoisotopic (exact) mass is 355 g/mol. The Balaban J connectivity index is 0.00000102. The molecule has 0 saturated heterocycles. The molecular formula is C24H21NO2. The summed E-state index contributed by atoms with van der Waals surface area (Å²) < 4.78 is 5.27. The molecule has 0 atom stereocenters. The van der Waals surface area contributed by atoms with Gasteiger partial charge in [0.05, 0.1) is 0 Å². The van der Waals surface area contributed by atoms with Crippen LogP contribution in [0, 0.1) is 0 Å². The molecule has 0 aliphatic carbocycles. The predicted molar refractivity (Wildman–Crippen MR) is 110 cm³/mol. The van der Waals surface area contributed by atoms with Gasteiger partial charge in [0.2, 0.25) is 5.90 Å². The van der Waals surface area contributed by atoms with Crippen molar-refractivity contribution in [3.05, 3.63) is 102 Å². The zero-order valence-electron chi connectivity index (χ0n) is 15.4. The van der Waals surface area contributed by atoms with Gasteiger partial charge in [-0.15, -0.1) is 0 Å². The quantitative estimate of drug-likeness (QED) is 0.445. The molecule has 3 heteroatoms. The summed E-state index contributed by atoms with van der Waals surface area (Å²) in [5.41, 5.74) is 4.30. The van der Waals surface area contributed by atoms with E-state index >= 15 is 0 Å². The molecule has 4 rings (SSSR count). The van der Waals surface area contributed by atoms with Crippen LogP contribution in [-0.4, -0.2) is 11.9 Å². The summed E-state index contributed by atoms with van der Waals surface area (Å²) in [7, 11) is 0. The van der Waals surface area contributed by atoms with Crippen LogP contribution in [0.5, 0.6) is 0 Å². The van der Waals surface area contributed by atoms with E-state index in [0.717, 1.165) is 22.3 Å². The number of esters is 1. The lowest BCUT2D eigenvalue weighted by Crippen LogP contribution is -2.04. The summed E-state index contributed by atoms with van der Waals surface area (Å²) in [5, 5.41) is 0. The molecule has 0 saturated carbocycles. The first-order chi connectivity index (χ1) is 13.3. The molecule has 134 valence electrons. The van der Waals surface area contributed by atoms with E-state index in [1.54, 1.807) is 6.08 Å². The van der Waals surface area contributed by atoms with Gasteiger partial charge in [0.25, 0.3) is 0 Å². The van der Waals surface area contributed by atoms with Gasteiger partial charge in [0.15, 0.2) is 5.70 Å². The SMILES string of the molecule is CC.O=C1OC(c2ccccc2)=N/C1=C\c1ccc(-c2ccccc2)cc1. The van der Waals surface area contributed by atoms with Gasteiger partial charge in [-0.2, -0.15) is 0 Å². The average Bonchev–Trinajstić information content (AvgIpc) is 3.12. The molecule has 0 amide bonds. The maximum atomic E-state index is 12.0. The van der Waals surface area contributed by atoms with Gasteiger partial charge < -0.3 is 4.74 Å². The van der Waals surface area contributed by atoms with Crippen molar-refractivity contribution in [2.75, 3.05) is 0 Å². The molecule has 27 heavy (non-hydrogen) atoms. The third-order valence-corrected chi connectivity index (χ3v) is 3.96. The number of cyclic esters (lactones) is 1. The van der Waals surface area contributed by atoms with E-state index < -0.39 is 5.97 Å². The Morgan fingerprint density at radius 2 is 1.22 bits per heavy atom. The van der Waals surface area contributed by atoms with Gasteiger partial charge >= 0.3 is 5.97 Å². The fourth-order valence-corrected chi connectivity index (χ4v) is 2.67. The average molecular weight is 355 g/mol. The summed E-state index contributed by atoms with van der Waals surface area (Å²) in [6.07, 6.45) is 1.74. The van der Waals surface area contributed by atoms with E-state index in [0.29, 0.717) is 11.6 Å². The first-order valence-corrected chi connectivity index (χ1v) is 9.03. The standard InChI is InChI=1S/C22H15NO2.C2H6/c24-22-20(23-21(25-22)19-9-5-2-6-10-19)15-16-11-13-18(14-12-16)17-7-3-1-4-8-17;1-2/h1-15H;1-2H3/b20-15-;. The molecule has 3 aromatic rings. The lowest BCUT2D eigenvalue weighted by atomic mass is 10.0. The van der Waals surface area contributed by atoms with Gasteiger partial charge in [0.1, 0.15) is 0 Å². The van der Waals surface area contributed by atoms with Gasteiger partial charge in [-0.3, -0.25) is 0 Å². The van der Waals surface area contributed by atoms with Crippen LogP contribution in [0.2, 0.25) is 0 Å². The van der Waals surface area contributed by atoms with Crippen LogP contribution in [0.4, 0.5) is 0 Å². The number of ether oxygens (including phenoxy) is 1. The predicted octanol–water partition coefficient (Wildman–Crippen LogP) is 5.72. The molecule has 3 nitrogen and oxygen atoms in total.